The van der Waals surface area contributed by atoms with Crippen LogP contribution in [0.4, 0.5) is 0 Å². The van der Waals surface area contributed by atoms with Gasteiger partial charge in [0.25, 0.3) is 0 Å². The molecule has 0 aromatic heterocycles. The van der Waals surface area contributed by atoms with E-state index in [1.54, 1.807) is 24.3 Å². The summed E-state index contributed by atoms with van der Waals surface area (Å²) in [5.41, 5.74) is 0. The maximum Gasteiger partial charge on any atom is 0.178 e. The number of benzene rings is 1. The molecule has 4 nitrogen and oxygen atoms in total. The van der Waals surface area contributed by atoms with Gasteiger partial charge in [0.05, 0.1) is 16.8 Å². The average Bonchev–Trinajstić information content (AvgIpc) is 2.97. The van der Waals surface area contributed by atoms with E-state index >= 15 is 0 Å². The van der Waals surface area contributed by atoms with Crippen LogP contribution in [0.2, 0.25) is 0 Å². The Morgan fingerprint density at radius 1 is 1.22 bits per heavy atom. The van der Waals surface area contributed by atoms with Gasteiger partial charge in [-0.3, -0.25) is 0 Å². The van der Waals surface area contributed by atoms with Gasteiger partial charge in [-0.2, -0.15) is 0 Å². The van der Waals surface area contributed by atoms with E-state index in [1.165, 1.54) is 0 Å². The predicted octanol–water partition coefficient (Wildman–Crippen LogP) is 3.42. The molecule has 1 aromatic carbocycles. The number of rotatable bonds is 6. The third-order valence-corrected chi connectivity index (χ3v) is 6.91. The Kier molecular flexibility index (Phi) is 5.39. The molecule has 23 heavy (non-hydrogen) atoms. The van der Waals surface area contributed by atoms with Gasteiger partial charge in [-0.1, -0.05) is 24.6 Å². The van der Waals surface area contributed by atoms with Crippen molar-refractivity contribution in [1.82, 2.24) is 0 Å². The SMILES string of the molecule is CCOC1CC2C(CCS(=O)(=O)c3ccccc3)CCCC2O1. The van der Waals surface area contributed by atoms with Crippen molar-refractivity contribution in [3.8, 4) is 0 Å². The molecule has 1 saturated heterocycles. The molecule has 1 aliphatic carbocycles. The van der Waals surface area contributed by atoms with Crippen LogP contribution in [0.25, 0.3) is 0 Å². The number of hydrogen-bond donors (Lipinski definition) is 0. The first-order valence-electron chi connectivity index (χ1n) is 8.65. The molecule has 1 saturated carbocycles. The Morgan fingerprint density at radius 2 is 2.00 bits per heavy atom. The molecule has 2 fully saturated rings. The third kappa shape index (κ3) is 3.95. The highest BCUT2D eigenvalue weighted by atomic mass is 32.2. The molecule has 1 aromatic rings. The van der Waals surface area contributed by atoms with E-state index in [1.807, 2.05) is 13.0 Å². The molecule has 4 atom stereocenters. The lowest BCUT2D eigenvalue weighted by Crippen LogP contribution is -2.30. The van der Waals surface area contributed by atoms with Crippen LogP contribution in [0.15, 0.2) is 35.2 Å². The maximum absolute atomic E-state index is 12.5. The summed E-state index contributed by atoms with van der Waals surface area (Å²) in [6, 6.07) is 8.77. The second kappa shape index (κ2) is 7.32. The van der Waals surface area contributed by atoms with Crippen molar-refractivity contribution in [3.63, 3.8) is 0 Å². The molecule has 1 aliphatic heterocycles. The Labute approximate surface area is 139 Å². The molecule has 2 aliphatic rings. The lowest BCUT2D eigenvalue weighted by atomic mass is 9.75. The van der Waals surface area contributed by atoms with E-state index in [0.29, 0.717) is 23.3 Å². The lowest BCUT2D eigenvalue weighted by Gasteiger charge is -2.32. The largest absolute Gasteiger partial charge is 0.353 e. The lowest BCUT2D eigenvalue weighted by molar-refractivity contribution is -0.134. The zero-order valence-electron chi connectivity index (χ0n) is 13.7. The quantitative estimate of drug-likeness (QED) is 0.797. The minimum atomic E-state index is -3.18. The van der Waals surface area contributed by atoms with Crippen molar-refractivity contribution in [2.45, 2.75) is 56.3 Å². The fourth-order valence-corrected chi connectivity index (χ4v) is 5.42. The van der Waals surface area contributed by atoms with Crippen LogP contribution < -0.4 is 0 Å². The number of sulfone groups is 1. The van der Waals surface area contributed by atoms with Gasteiger partial charge in [0.15, 0.2) is 16.1 Å². The smallest absolute Gasteiger partial charge is 0.178 e. The van der Waals surface area contributed by atoms with Crippen molar-refractivity contribution in [1.29, 1.82) is 0 Å². The number of ether oxygens (including phenoxy) is 2. The van der Waals surface area contributed by atoms with Crippen LogP contribution in [0, 0.1) is 11.8 Å². The number of fused-ring (bicyclic) bond motifs is 1. The fraction of sp³-hybridized carbons (Fsp3) is 0.667. The molecule has 0 radical (unpaired) electrons. The van der Waals surface area contributed by atoms with Crippen molar-refractivity contribution in [2.75, 3.05) is 12.4 Å². The van der Waals surface area contributed by atoms with Crippen LogP contribution in [0.5, 0.6) is 0 Å². The summed E-state index contributed by atoms with van der Waals surface area (Å²) in [6.07, 6.45) is 5.10. The van der Waals surface area contributed by atoms with E-state index in [0.717, 1.165) is 32.1 Å². The van der Waals surface area contributed by atoms with E-state index in [2.05, 4.69) is 0 Å². The third-order valence-electron chi connectivity index (χ3n) is 5.15. The monoisotopic (exact) mass is 338 g/mol. The van der Waals surface area contributed by atoms with Gasteiger partial charge in [0.1, 0.15) is 0 Å². The zero-order valence-corrected chi connectivity index (χ0v) is 14.5. The molecule has 5 heteroatoms. The summed E-state index contributed by atoms with van der Waals surface area (Å²) in [6.45, 7) is 2.65. The molecular weight excluding hydrogens is 312 g/mol. The predicted molar refractivity (Wildman–Crippen MR) is 88.8 cm³/mol. The molecule has 0 amide bonds. The minimum absolute atomic E-state index is 0.0960. The first-order chi connectivity index (χ1) is 11.1. The molecule has 4 unspecified atom stereocenters. The van der Waals surface area contributed by atoms with E-state index in [-0.39, 0.29) is 18.1 Å². The van der Waals surface area contributed by atoms with Gasteiger partial charge in [-0.25, -0.2) is 8.42 Å². The van der Waals surface area contributed by atoms with Crippen molar-refractivity contribution in [2.24, 2.45) is 11.8 Å². The van der Waals surface area contributed by atoms with E-state index < -0.39 is 9.84 Å². The highest BCUT2D eigenvalue weighted by Gasteiger charge is 2.42. The molecule has 0 N–H and O–H groups in total. The van der Waals surface area contributed by atoms with Gasteiger partial charge in [0, 0.05) is 13.0 Å². The molecule has 0 spiro atoms. The summed E-state index contributed by atoms with van der Waals surface area (Å²) in [5, 5.41) is 0. The maximum atomic E-state index is 12.5. The first kappa shape index (κ1) is 16.9. The van der Waals surface area contributed by atoms with Crippen LogP contribution >= 0.6 is 0 Å². The summed E-state index contributed by atoms with van der Waals surface area (Å²) in [5.74, 6) is 1.11. The van der Waals surface area contributed by atoms with Gasteiger partial charge < -0.3 is 9.47 Å². The second-order valence-electron chi connectivity index (χ2n) is 6.57. The average molecular weight is 338 g/mol. The summed E-state index contributed by atoms with van der Waals surface area (Å²) in [4.78, 5) is 0.433. The van der Waals surface area contributed by atoms with Crippen LogP contribution in [-0.2, 0) is 19.3 Å². The first-order valence-corrected chi connectivity index (χ1v) is 10.3. The Balaban J connectivity index is 1.61. The Bertz CT molecular complexity index is 599. The van der Waals surface area contributed by atoms with Crippen LogP contribution in [0.3, 0.4) is 0 Å². The molecule has 1 heterocycles. The topological polar surface area (TPSA) is 52.6 Å². The van der Waals surface area contributed by atoms with Crippen LogP contribution in [0.1, 0.15) is 39.0 Å². The molecular formula is C18H26O4S. The standard InChI is InChI=1S/C18H26O4S/c1-2-21-18-13-16-14(7-6-10-17(16)22-18)11-12-23(19,20)15-8-4-3-5-9-15/h3-5,8-9,14,16-18H,2,6-7,10-13H2,1H3. The normalized spacial score (nSPS) is 31.0. The van der Waals surface area contributed by atoms with Crippen molar-refractivity contribution >= 4 is 9.84 Å². The second-order valence-corrected chi connectivity index (χ2v) is 8.68. The summed E-state index contributed by atoms with van der Waals surface area (Å²) >= 11 is 0. The highest BCUT2D eigenvalue weighted by Crippen LogP contribution is 2.43. The van der Waals surface area contributed by atoms with Crippen LogP contribution in [-0.4, -0.2) is 33.2 Å². The summed E-state index contributed by atoms with van der Waals surface area (Å²) < 4.78 is 36.6. The zero-order chi connectivity index (χ0) is 16.3. The molecule has 3 rings (SSSR count). The molecule has 0 bridgehead atoms. The van der Waals surface area contributed by atoms with Gasteiger partial charge >= 0.3 is 0 Å². The van der Waals surface area contributed by atoms with E-state index in [4.69, 9.17) is 9.47 Å². The van der Waals surface area contributed by atoms with Crippen molar-refractivity contribution < 1.29 is 17.9 Å². The summed E-state index contributed by atoms with van der Waals surface area (Å²) in [7, 11) is -3.18. The Hall–Kier alpha value is -0.910. The van der Waals surface area contributed by atoms with Gasteiger partial charge in [-0.05, 0) is 50.2 Å². The van der Waals surface area contributed by atoms with Crippen molar-refractivity contribution in [3.05, 3.63) is 30.3 Å². The Morgan fingerprint density at radius 3 is 2.74 bits per heavy atom. The molecule has 128 valence electrons. The van der Waals surface area contributed by atoms with E-state index in [9.17, 15) is 8.42 Å². The van der Waals surface area contributed by atoms with Gasteiger partial charge in [-0.15, -0.1) is 0 Å². The number of hydrogen-bond acceptors (Lipinski definition) is 4. The fourth-order valence-electron chi connectivity index (χ4n) is 4.00. The minimum Gasteiger partial charge on any atom is -0.353 e. The van der Waals surface area contributed by atoms with Gasteiger partial charge in [0.2, 0.25) is 0 Å². The highest BCUT2D eigenvalue weighted by molar-refractivity contribution is 7.91.